The molecule has 1 heterocycles. The van der Waals surface area contributed by atoms with Crippen molar-refractivity contribution in [2.45, 2.75) is 0 Å². The molecular weight excluding hydrogens is 296 g/mol. The lowest BCUT2D eigenvalue weighted by molar-refractivity contribution is 0.625. The predicted molar refractivity (Wildman–Crippen MR) is 87.4 cm³/mol. The summed E-state index contributed by atoms with van der Waals surface area (Å²) in [5, 5.41) is 1.74. The molecule has 1 aromatic heterocycles. The summed E-state index contributed by atoms with van der Waals surface area (Å²) < 4.78 is 28.7. The van der Waals surface area contributed by atoms with Crippen LogP contribution < -0.4 is 5.56 Å². The number of H-pyrrole nitrogens is 1. The molecule has 0 aliphatic rings. The van der Waals surface area contributed by atoms with Crippen LogP contribution in [0.2, 0.25) is 0 Å². The van der Waals surface area contributed by atoms with Crippen LogP contribution in [0, 0.1) is 11.6 Å². The maximum atomic E-state index is 14.9. The van der Waals surface area contributed by atoms with Crippen LogP contribution in [-0.4, -0.2) is 4.98 Å². The number of halogens is 2. The van der Waals surface area contributed by atoms with Crippen molar-refractivity contribution in [1.82, 2.24) is 4.98 Å². The van der Waals surface area contributed by atoms with E-state index in [0.29, 0.717) is 5.56 Å². The molecule has 0 saturated heterocycles. The second-order valence-electron chi connectivity index (χ2n) is 5.33. The molecule has 4 heteroatoms. The van der Waals surface area contributed by atoms with Crippen LogP contribution in [0.25, 0.3) is 32.8 Å². The molecule has 0 aliphatic heterocycles. The van der Waals surface area contributed by atoms with Gasteiger partial charge in [-0.05, 0) is 28.5 Å². The predicted octanol–water partition coefficient (Wildman–Crippen LogP) is 4.63. The van der Waals surface area contributed by atoms with E-state index in [1.165, 1.54) is 18.2 Å². The Bertz CT molecular complexity index is 1110. The van der Waals surface area contributed by atoms with Crippen molar-refractivity contribution in [2.24, 2.45) is 0 Å². The number of benzene rings is 3. The van der Waals surface area contributed by atoms with Gasteiger partial charge in [-0.15, -0.1) is 0 Å². The Morgan fingerprint density at radius 1 is 0.783 bits per heavy atom. The number of hydrogen-bond donors (Lipinski definition) is 1. The van der Waals surface area contributed by atoms with Crippen molar-refractivity contribution in [3.8, 4) is 11.1 Å². The fourth-order valence-electron chi connectivity index (χ4n) is 2.93. The Morgan fingerprint density at radius 2 is 1.48 bits per heavy atom. The average Bonchev–Trinajstić information content (AvgIpc) is 2.56. The first-order valence-corrected chi connectivity index (χ1v) is 7.15. The molecule has 0 unspecified atom stereocenters. The van der Waals surface area contributed by atoms with Crippen LogP contribution in [-0.2, 0) is 0 Å². The third kappa shape index (κ3) is 2.03. The Balaban J connectivity index is 2.16. The number of para-hydroxylation sites is 1. The molecule has 23 heavy (non-hydrogen) atoms. The largest absolute Gasteiger partial charge is 0.319 e. The first-order valence-electron chi connectivity index (χ1n) is 7.15. The van der Waals surface area contributed by atoms with Crippen LogP contribution in [0.5, 0.6) is 0 Å². The maximum absolute atomic E-state index is 14.9. The molecule has 0 saturated carbocycles. The van der Waals surface area contributed by atoms with E-state index in [4.69, 9.17) is 0 Å². The normalized spacial score (nSPS) is 11.2. The number of aromatic nitrogens is 1. The van der Waals surface area contributed by atoms with E-state index >= 15 is 0 Å². The highest BCUT2D eigenvalue weighted by molar-refractivity contribution is 5.98. The Hall–Kier alpha value is -3.01. The van der Waals surface area contributed by atoms with Crippen LogP contribution in [0.4, 0.5) is 8.78 Å². The monoisotopic (exact) mass is 307 g/mol. The van der Waals surface area contributed by atoms with Crippen molar-refractivity contribution in [3.05, 3.63) is 82.7 Å². The second kappa shape index (κ2) is 5.02. The first kappa shape index (κ1) is 13.6. The maximum Gasteiger partial charge on any atom is 0.259 e. The number of hydrogen-bond acceptors (Lipinski definition) is 1. The van der Waals surface area contributed by atoms with Crippen molar-refractivity contribution in [3.63, 3.8) is 0 Å². The summed E-state index contributed by atoms with van der Waals surface area (Å²) in [5.41, 5.74) is -0.330. The molecule has 112 valence electrons. The third-order valence-electron chi connectivity index (χ3n) is 3.99. The van der Waals surface area contributed by atoms with Crippen molar-refractivity contribution in [2.75, 3.05) is 0 Å². The van der Waals surface area contributed by atoms with Gasteiger partial charge in [0.1, 0.15) is 11.6 Å². The van der Waals surface area contributed by atoms with E-state index in [0.717, 1.165) is 10.8 Å². The van der Waals surface area contributed by atoms with Crippen molar-refractivity contribution >= 4 is 21.7 Å². The standard InChI is InChI=1S/C19H11F2NO/c20-15-10-4-9-14-17(21)16(19(23)22-18(14)15)13-8-3-6-11-5-1-2-7-12(11)13/h1-10H,(H,22,23). The molecule has 4 rings (SSSR count). The first-order chi connectivity index (χ1) is 11.2. The van der Waals surface area contributed by atoms with Gasteiger partial charge in [-0.2, -0.15) is 0 Å². The van der Waals surface area contributed by atoms with Gasteiger partial charge in [0.15, 0.2) is 0 Å². The zero-order valence-corrected chi connectivity index (χ0v) is 11.9. The summed E-state index contributed by atoms with van der Waals surface area (Å²) in [6, 6.07) is 16.9. The summed E-state index contributed by atoms with van der Waals surface area (Å²) in [6.45, 7) is 0. The van der Waals surface area contributed by atoms with E-state index < -0.39 is 17.2 Å². The number of rotatable bonds is 1. The second-order valence-corrected chi connectivity index (χ2v) is 5.33. The smallest absolute Gasteiger partial charge is 0.259 e. The topological polar surface area (TPSA) is 32.9 Å². The fourth-order valence-corrected chi connectivity index (χ4v) is 2.93. The van der Waals surface area contributed by atoms with Gasteiger partial charge in [0.05, 0.1) is 11.1 Å². The molecule has 0 aliphatic carbocycles. The number of pyridine rings is 1. The number of fused-ring (bicyclic) bond motifs is 2. The molecule has 0 spiro atoms. The summed E-state index contributed by atoms with van der Waals surface area (Å²) >= 11 is 0. The zero-order valence-electron chi connectivity index (χ0n) is 11.9. The molecule has 4 aromatic rings. The molecule has 0 radical (unpaired) electrons. The van der Waals surface area contributed by atoms with Crippen molar-refractivity contribution < 1.29 is 8.78 Å². The minimum absolute atomic E-state index is 0.0625. The van der Waals surface area contributed by atoms with Gasteiger partial charge in [0, 0.05) is 5.39 Å². The fraction of sp³-hybridized carbons (Fsp3) is 0. The Labute approximate surface area is 130 Å². The highest BCUT2D eigenvalue weighted by Gasteiger charge is 2.17. The van der Waals surface area contributed by atoms with Crippen LogP contribution in [0.1, 0.15) is 0 Å². The molecule has 0 atom stereocenters. The SMILES string of the molecule is O=c1[nH]c2c(F)cccc2c(F)c1-c1cccc2ccccc12. The van der Waals surface area contributed by atoms with E-state index in [1.54, 1.807) is 12.1 Å². The molecule has 0 fully saturated rings. The van der Waals surface area contributed by atoms with Crippen LogP contribution >= 0.6 is 0 Å². The third-order valence-corrected chi connectivity index (χ3v) is 3.99. The Kier molecular flexibility index (Phi) is 2.98. The van der Waals surface area contributed by atoms with E-state index in [2.05, 4.69) is 4.98 Å². The summed E-state index contributed by atoms with van der Waals surface area (Å²) in [7, 11) is 0. The lowest BCUT2D eigenvalue weighted by Crippen LogP contribution is -2.13. The van der Waals surface area contributed by atoms with Gasteiger partial charge in [0.25, 0.3) is 5.56 Å². The molecule has 0 bridgehead atoms. The van der Waals surface area contributed by atoms with E-state index in [-0.39, 0.29) is 16.5 Å². The lowest BCUT2D eigenvalue weighted by atomic mass is 9.97. The highest BCUT2D eigenvalue weighted by atomic mass is 19.1. The van der Waals surface area contributed by atoms with Gasteiger partial charge >= 0.3 is 0 Å². The summed E-state index contributed by atoms with van der Waals surface area (Å²) in [4.78, 5) is 14.8. The van der Waals surface area contributed by atoms with Gasteiger partial charge < -0.3 is 4.98 Å². The average molecular weight is 307 g/mol. The molecular formula is C19H11F2NO. The molecule has 1 N–H and O–H groups in total. The van der Waals surface area contributed by atoms with Gasteiger partial charge in [-0.25, -0.2) is 8.78 Å². The summed E-state index contributed by atoms with van der Waals surface area (Å²) in [6.07, 6.45) is 0. The number of aromatic amines is 1. The van der Waals surface area contributed by atoms with Crippen LogP contribution in [0.3, 0.4) is 0 Å². The minimum Gasteiger partial charge on any atom is -0.319 e. The van der Waals surface area contributed by atoms with Gasteiger partial charge in [-0.3, -0.25) is 4.79 Å². The van der Waals surface area contributed by atoms with Crippen LogP contribution in [0.15, 0.2) is 65.5 Å². The quantitative estimate of drug-likeness (QED) is 0.546. The lowest BCUT2D eigenvalue weighted by Gasteiger charge is -2.09. The Morgan fingerprint density at radius 3 is 2.35 bits per heavy atom. The zero-order chi connectivity index (χ0) is 16.0. The summed E-state index contributed by atoms with van der Waals surface area (Å²) in [5.74, 6) is -1.36. The van der Waals surface area contributed by atoms with Gasteiger partial charge in [-0.1, -0.05) is 48.5 Å². The van der Waals surface area contributed by atoms with Crippen molar-refractivity contribution in [1.29, 1.82) is 0 Å². The molecule has 2 nitrogen and oxygen atoms in total. The minimum atomic E-state index is -0.709. The molecule has 3 aromatic carbocycles. The van der Waals surface area contributed by atoms with E-state index in [1.807, 2.05) is 30.3 Å². The highest BCUT2D eigenvalue weighted by Crippen LogP contribution is 2.30. The van der Waals surface area contributed by atoms with Gasteiger partial charge in [0.2, 0.25) is 0 Å². The van der Waals surface area contributed by atoms with E-state index in [9.17, 15) is 13.6 Å². The molecule has 0 amide bonds. The number of nitrogens with one attached hydrogen (secondary N) is 1.